The van der Waals surface area contributed by atoms with Crippen molar-refractivity contribution in [1.82, 2.24) is 25.6 Å². The van der Waals surface area contributed by atoms with Gasteiger partial charge in [-0.3, -0.25) is 19.4 Å². The van der Waals surface area contributed by atoms with Gasteiger partial charge in [0.05, 0.1) is 72.0 Å². The number of ether oxygens (including phenoxy) is 7. The molecule has 312 valence electrons. The Morgan fingerprint density at radius 3 is 1.43 bits per heavy atom. The van der Waals surface area contributed by atoms with E-state index in [9.17, 15) is 9.59 Å². The van der Waals surface area contributed by atoms with Gasteiger partial charge in [-0.05, 0) is 73.2 Å². The summed E-state index contributed by atoms with van der Waals surface area (Å²) in [5, 5.41) is 15.4. The third-order valence-corrected chi connectivity index (χ3v) is 7.08. The summed E-state index contributed by atoms with van der Waals surface area (Å²) in [4.78, 5) is 28.9. The highest BCUT2D eigenvalue weighted by molar-refractivity contribution is 6.31. The van der Waals surface area contributed by atoms with E-state index in [4.69, 9.17) is 38.4 Å². The molecule has 2 aliphatic rings. The molecule has 56 heavy (non-hydrogen) atoms. The van der Waals surface area contributed by atoms with E-state index in [-0.39, 0.29) is 37.6 Å². The van der Waals surface area contributed by atoms with Crippen molar-refractivity contribution < 1.29 is 42.7 Å². The largest absolute Gasteiger partial charge is 0.493 e. The molecule has 2 aromatic rings. The van der Waals surface area contributed by atoms with E-state index in [0.29, 0.717) is 57.1 Å². The fourth-order valence-corrected chi connectivity index (χ4v) is 4.91. The van der Waals surface area contributed by atoms with E-state index in [2.05, 4.69) is 41.8 Å². The molecule has 0 aliphatic carbocycles. The summed E-state index contributed by atoms with van der Waals surface area (Å²) < 4.78 is 37.5. The zero-order valence-electron chi connectivity index (χ0n) is 35.0. The van der Waals surface area contributed by atoms with E-state index < -0.39 is 0 Å². The second-order valence-corrected chi connectivity index (χ2v) is 13.2. The number of carbonyl (C=O) groups excluding carboxylic acids is 2. The molecule has 4 rings (SSSR count). The first-order valence-electron chi connectivity index (χ1n) is 16.9. The zero-order chi connectivity index (χ0) is 42.0. The van der Waals surface area contributed by atoms with Crippen LogP contribution in [0.2, 0.25) is 0 Å². The SMILES string of the molecule is C.CC#N.CN(C)C(OC(C)(C)C)N(C)C.COc1cc(C2=NNC(=O)/C2=C\N(C)C)cc(OC)c1OC.COc1cc(C2=NNC(=O)C2)cc(OC)c1OC. The molecule has 0 unspecified atom stereocenters. The van der Waals surface area contributed by atoms with Crippen molar-refractivity contribution >= 4 is 23.2 Å². The van der Waals surface area contributed by atoms with Gasteiger partial charge in [-0.15, -0.1) is 0 Å². The number of nitrogens with zero attached hydrogens (tertiary/aromatic N) is 6. The molecule has 2 heterocycles. The van der Waals surface area contributed by atoms with E-state index in [1.807, 2.05) is 52.1 Å². The maximum atomic E-state index is 11.9. The molecule has 2 N–H and O–H groups in total. The number of rotatable bonds is 12. The number of hydrazone groups is 2. The Morgan fingerprint density at radius 1 is 0.732 bits per heavy atom. The molecule has 0 bridgehead atoms. The highest BCUT2D eigenvalue weighted by Crippen LogP contribution is 2.40. The van der Waals surface area contributed by atoms with Gasteiger partial charge >= 0.3 is 0 Å². The summed E-state index contributed by atoms with van der Waals surface area (Å²) in [6, 6.07) is 8.79. The Labute approximate surface area is 332 Å². The molecule has 0 saturated heterocycles. The number of hydrogen-bond acceptors (Lipinski definition) is 15. The van der Waals surface area contributed by atoms with Crippen molar-refractivity contribution in [3.63, 3.8) is 0 Å². The Hall–Kier alpha value is -5.57. The molecular weight excluding hydrogens is 724 g/mol. The average Bonchev–Trinajstić information content (AvgIpc) is 3.73. The van der Waals surface area contributed by atoms with Crippen LogP contribution < -0.4 is 39.3 Å². The number of amides is 2. The van der Waals surface area contributed by atoms with Crippen molar-refractivity contribution in [2.45, 2.75) is 53.5 Å². The standard InChI is InChI=1S/C15H19N3O4.C12H14N2O4.C9H22N2O.C2H3N.CH4/c1-18(2)8-10-13(16-17-15(10)19)9-6-11(20-3)14(22-5)12(7-9)21-4;1-16-9-4-7(8-6-11(15)14-13-8)5-10(17-2)12(9)18-3;1-9(2,3)12-8(10(4)5)11(6)7;1-2-3;/h6-8H,1-5H3,(H,17,19);4-5H,6H2,1-3H3,(H,14,15);8H,1-7H3;1H3;1H4/b10-8-;;;;. The second kappa shape index (κ2) is 24.1. The summed E-state index contributed by atoms with van der Waals surface area (Å²) in [6.45, 7) is 7.62. The molecule has 0 saturated carbocycles. The summed E-state index contributed by atoms with van der Waals surface area (Å²) in [6.07, 6.45) is 2.01. The van der Waals surface area contributed by atoms with Crippen LogP contribution in [-0.4, -0.2) is 135 Å². The van der Waals surface area contributed by atoms with Gasteiger partial charge in [-0.25, -0.2) is 10.9 Å². The number of benzene rings is 2. The molecule has 17 nitrogen and oxygen atoms in total. The Bertz CT molecular complexity index is 1670. The van der Waals surface area contributed by atoms with Gasteiger partial charge in [-0.2, -0.15) is 15.5 Å². The maximum absolute atomic E-state index is 11.9. The number of carbonyl (C=O) groups is 2. The average molecular weight is 787 g/mol. The van der Waals surface area contributed by atoms with Crippen molar-refractivity contribution in [1.29, 1.82) is 5.26 Å². The summed E-state index contributed by atoms with van der Waals surface area (Å²) in [5.74, 6) is 2.71. The fraction of sp³-hybridized carbons (Fsp3) is 0.513. The van der Waals surface area contributed by atoms with Crippen LogP contribution in [0, 0.1) is 11.3 Å². The number of hydrogen-bond donors (Lipinski definition) is 2. The smallest absolute Gasteiger partial charge is 0.275 e. The minimum Gasteiger partial charge on any atom is -0.493 e. The van der Waals surface area contributed by atoms with Gasteiger partial charge in [-0.1, -0.05) is 7.43 Å². The van der Waals surface area contributed by atoms with Crippen LogP contribution in [0.3, 0.4) is 0 Å². The highest BCUT2D eigenvalue weighted by Gasteiger charge is 2.27. The van der Waals surface area contributed by atoms with Crippen LogP contribution >= 0.6 is 0 Å². The van der Waals surface area contributed by atoms with Crippen LogP contribution in [0.1, 0.15) is 52.7 Å². The maximum Gasteiger partial charge on any atom is 0.275 e. The lowest BCUT2D eigenvalue weighted by molar-refractivity contribution is -0.178. The van der Waals surface area contributed by atoms with E-state index >= 15 is 0 Å². The van der Waals surface area contributed by atoms with Crippen molar-refractivity contribution in [3.8, 4) is 40.6 Å². The first kappa shape index (κ1) is 50.4. The number of nitriles is 1. The number of nitrogens with one attached hydrogen (secondary N) is 2. The molecule has 2 aromatic carbocycles. The monoisotopic (exact) mass is 786 g/mol. The van der Waals surface area contributed by atoms with Crippen LogP contribution in [0.5, 0.6) is 34.5 Å². The molecule has 17 heteroatoms. The van der Waals surface area contributed by atoms with Gasteiger partial charge in [0.1, 0.15) is 5.71 Å². The van der Waals surface area contributed by atoms with E-state index in [0.717, 1.165) is 5.56 Å². The lowest BCUT2D eigenvalue weighted by Crippen LogP contribution is -2.46. The molecule has 0 spiro atoms. The molecule has 0 aromatic heterocycles. The van der Waals surface area contributed by atoms with Crippen LogP contribution in [-0.2, 0) is 14.3 Å². The number of methoxy groups -OCH3 is 6. The first-order valence-corrected chi connectivity index (χ1v) is 16.9. The molecule has 2 aliphatic heterocycles. The molecule has 2 amide bonds. The summed E-state index contributed by atoms with van der Waals surface area (Å²) in [5.41, 5.74) is 7.89. The lowest BCUT2D eigenvalue weighted by atomic mass is 10.0. The summed E-state index contributed by atoms with van der Waals surface area (Å²) in [7, 11) is 21.0. The minimum absolute atomic E-state index is 0. The van der Waals surface area contributed by atoms with Crippen LogP contribution in [0.4, 0.5) is 0 Å². The van der Waals surface area contributed by atoms with Gasteiger partial charge in [0.25, 0.3) is 5.91 Å². The fourth-order valence-electron chi connectivity index (χ4n) is 4.91. The minimum atomic E-state index is -0.252. The molecule has 0 fully saturated rings. The molecule has 0 radical (unpaired) electrons. The van der Waals surface area contributed by atoms with E-state index in [1.165, 1.54) is 35.4 Å². The van der Waals surface area contributed by atoms with Crippen LogP contribution in [0.25, 0.3) is 0 Å². The van der Waals surface area contributed by atoms with Crippen molar-refractivity contribution in [2.75, 3.05) is 84.9 Å². The van der Waals surface area contributed by atoms with Gasteiger partial charge in [0.2, 0.25) is 17.4 Å². The van der Waals surface area contributed by atoms with Crippen molar-refractivity contribution in [3.05, 3.63) is 47.2 Å². The third-order valence-electron chi connectivity index (χ3n) is 7.08. The van der Waals surface area contributed by atoms with Gasteiger partial charge in [0, 0.05) is 38.3 Å². The Balaban J connectivity index is 0.000000805. The van der Waals surface area contributed by atoms with E-state index in [1.54, 1.807) is 55.7 Å². The molecule has 0 atom stereocenters. The van der Waals surface area contributed by atoms with Gasteiger partial charge in [0.15, 0.2) is 29.3 Å². The van der Waals surface area contributed by atoms with Crippen LogP contribution in [0.15, 0.2) is 46.2 Å². The highest BCUT2D eigenvalue weighted by atomic mass is 16.5. The predicted molar refractivity (Wildman–Crippen MR) is 218 cm³/mol. The van der Waals surface area contributed by atoms with Crippen molar-refractivity contribution in [2.24, 2.45) is 10.2 Å². The quantitative estimate of drug-likeness (QED) is 0.230. The van der Waals surface area contributed by atoms with Gasteiger partial charge < -0.3 is 38.1 Å². The third kappa shape index (κ3) is 14.9. The zero-order valence-corrected chi connectivity index (χ0v) is 35.0. The Kier molecular flexibility index (Phi) is 21.7. The lowest BCUT2D eigenvalue weighted by Gasteiger charge is -2.35. The summed E-state index contributed by atoms with van der Waals surface area (Å²) >= 11 is 0. The predicted octanol–water partition coefficient (Wildman–Crippen LogP) is 4.30. The Morgan fingerprint density at radius 2 is 1.14 bits per heavy atom. The second-order valence-electron chi connectivity index (χ2n) is 13.2. The normalized spacial score (nSPS) is 13.6. The first-order chi connectivity index (χ1) is 25.9. The molecular formula is C39H62N8O9. The topological polar surface area (TPSA) is 181 Å².